The van der Waals surface area contributed by atoms with Gasteiger partial charge in [0.15, 0.2) is 0 Å². The summed E-state index contributed by atoms with van der Waals surface area (Å²) in [6.07, 6.45) is 0. The topological polar surface area (TPSA) is 84.2 Å². The Morgan fingerprint density at radius 2 is 1.82 bits per heavy atom. The van der Waals surface area contributed by atoms with Gasteiger partial charge in [-0.3, -0.25) is 9.59 Å². The van der Waals surface area contributed by atoms with Crippen molar-refractivity contribution in [2.75, 3.05) is 13.1 Å². The van der Waals surface area contributed by atoms with Crippen molar-refractivity contribution in [3.63, 3.8) is 0 Å². The second-order valence-corrected chi connectivity index (χ2v) is 3.54. The average Bonchev–Trinajstić information content (AvgIpc) is 2.36. The van der Waals surface area contributed by atoms with E-state index in [9.17, 15) is 9.59 Å². The first-order valence-electron chi connectivity index (χ1n) is 5.51. The number of benzene rings is 1. The van der Waals surface area contributed by atoms with Crippen LogP contribution in [0.25, 0.3) is 0 Å². The van der Waals surface area contributed by atoms with Gasteiger partial charge in [0, 0.05) is 18.7 Å². The number of likely N-dealkylation sites (N-methyl/N-ethyl adjacent to an activating group) is 1. The summed E-state index contributed by atoms with van der Waals surface area (Å²) in [6, 6.07) is 6.96. The Morgan fingerprint density at radius 1 is 1.18 bits per heavy atom. The normalized spacial score (nSPS) is 9.76. The number of rotatable bonds is 5. The number of hydrogen-bond acceptors (Lipinski definition) is 3. The van der Waals surface area contributed by atoms with Crippen LogP contribution in [0.1, 0.15) is 22.8 Å². The molecule has 5 nitrogen and oxygen atoms in total. The molecule has 1 aromatic carbocycles. The zero-order chi connectivity index (χ0) is 12.7. The van der Waals surface area contributed by atoms with E-state index in [4.69, 9.17) is 5.73 Å². The van der Waals surface area contributed by atoms with Crippen molar-refractivity contribution in [1.29, 1.82) is 0 Å². The van der Waals surface area contributed by atoms with Crippen LogP contribution in [0.4, 0.5) is 0 Å². The number of amides is 2. The first-order chi connectivity index (χ1) is 8.17. The fourth-order valence-electron chi connectivity index (χ4n) is 1.31. The van der Waals surface area contributed by atoms with Crippen molar-refractivity contribution in [2.24, 2.45) is 5.73 Å². The lowest BCUT2D eigenvalue weighted by Crippen LogP contribution is -2.36. The number of hydrogen-bond donors (Lipinski definition) is 3. The van der Waals surface area contributed by atoms with Crippen molar-refractivity contribution >= 4 is 11.8 Å². The van der Waals surface area contributed by atoms with Crippen molar-refractivity contribution < 1.29 is 9.59 Å². The molecule has 1 aromatic rings. The van der Waals surface area contributed by atoms with Crippen LogP contribution in [0.5, 0.6) is 0 Å². The molecule has 0 aliphatic rings. The quantitative estimate of drug-likeness (QED) is 0.672. The van der Waals surface area contributed by atoms with Gasteiger partial charge >= 0.3 is 0 Å². The molecule has 0 aliphatic carbocycles. The first-order valence-corrected chi connectivity index (χ1v) is 5.51. The Balaban J connectivity index is 2.49. The maximum atomic E-state index is 11.6. The largest absolute Gasteiger partial charge is 0.355 e. The SMILES string of the molecule is CCNC(=O)CNC(=O)c1ccc(CN)cc1. The molecule has 0 spiro atoms. The molecule has 0 atom stereocenters. The van der Waals surface area contributed by atoms with E-state index in [0.717, 1.165) is 5.56 Å². The van der Waals surface area contributed by atoms with Crippen LogP contribution in [0.2, 0.25) is 0 Å². The number of nitrogens with two attached hydrogens (primary N) is 1. The lowest BCUT2D eigenvalue weighted by molar-refractivity contribution is -0.120. The zero-order valence-corrected chi connectivity index (χ0v) is 9.82. The van der Waals surface area contributed by atoms with E-state index in [1.807, 2.05) is 6.92 Å². The van der Waals surface area contributed by atoms with E-state index in [-0.39, 0.29) is 18.4 Å². The maximum absolute atomic E-state index is 11.6. The minimum atomic E-state index is -0.264. The minimum Gasteiger partial charge on any atom is -0.355 e. The highest BCUT2D eigenvalue weighted by molar-refractivity contribution is 5.96. The van der Waals surface area contributed by atoms with Gasteiger partial charge in [0.25, 0.3) is 5.91 Å². The third-order valence-corrected chi connectivity index (χ3v) is 2.24. The Labute approximate surface area is 100 Å². The molecule has 0 saturated heterocycles. The van der Waals surface area contributed by atoms with Crippen LogP contribution in [0, 0.1) is 0 Å². The van der Waals surface area contributed by atoms with Gasteiger partial charge in [-0.25, -0.2) is 0 Å². The van der Waals surface area contributed by atoms with Gasteiger partial charge in [0.2, 0.25) is 5.91 Å². The summed E-state index contributed by atoms with van der Waals surface area (Å²) in [5, 5.41) is 5.14. The van der Waals surface area contributed by atoms with Crippen LogP contribution in [0.15, 0.2) is 24.3 Å². The molecule has 0 aliphatic heterocycles. The van der Waals surface area contributed by atoms with Crippen LogP contribution < -0.4 is 16.4 Å². The molecule has 4 N–H and O–H groups in total. The fraction of sp³-hybridized carbons (Fsp3) is 0.333. The van der Waals surface area contributed by atoms with Gasteiger partial charge < -0.3 is 16.4 Å². The summed E-state index contributed by atoms with van der Waals surface area (Å²) in [5.41, 5.74) is 6.94. The van der Waals surface area contributed by atoms with Gasteiger partial charge in [-0.05, 0) is 24.6 Å². The summed E-state index contributed by atoms with van der Waals surface area (Å²) in [5.74, 6) is -0.459. The molecule has 0 radical (unpaired) electrons. The van der Waals surface area contributed by atoms with E-state index in [2.05, 4.69) is 10.6 Å². The average molecular weight is 235 g/mol. The summed E-state index contributed by atoms with van der Waals surface area (Å²) < 4.78 is 0. The summed E-state index contributed by atoms with van der Waals surface area (Å²) >= 11 is 0. The van der Waals surface area contributed by atoms with E-state index in [0.29, 0.717) is 18.7 Å². The molecule has 5 heteroatoms. The highest BCUT2D eigenvalue weighted by Crippen LogP contribution is 2.03. The van der Waals surface area contributed by atoms with Gasteiger partial charge in [0.05, 0.1) is 6.54 Å². The van der Waals surface area contributed by atoms with Crippen LogP contribution in [-0.2, 0) is 11.3 Å². The lowest BCUT2D eigenvalue weighted by atomic mass is 10.1. The smallest absolute Gasteiger partial charge is 0.251 e. The first kappa shape index (κ1) is 13.2. The van der Waals surface area contributed by atoms with Crippen molar-refractivity contribution in [1.82, 2.24) is 10.6 Å². The van der Waals surface area contributed by atoms with E-state index < -0.39 is 0 Å². The predicted octanol–water partition coefficient (Wildman–Crippen LogP) is 0.0112. The zero-order valence-electron chi connectivity index (χ0n) is 9.82. The number of carbonyl (C=O) groups excluding carboxylic acids is 2. The monoisotopic (exact) mass is 235 g/mol. The molecule has 0 heterocycles. The maximum Gasteiger partial charge on any atom is 0.251 e. The van der Waals surface area contributed by atoms with Gasteiger partial charge in [0.1, 0.15) is 0 Å². The predicted molar refractivity (Wildman–Crippen MR) is 65.4 cm³/mol. The molecule has 0 saturated carbocycles. The Bertz CT molecular complexity index is 387. The van der Waals surface area contributed by atoms with Gasteiger partial charge in [-0.2, -0.15) is 0 Å². The Morgan fingerprint density at radius 3 is 2.35 bits per heavy atom. The summed E-state index contributed by atoms with van der Waals surface area (Å²) in [7, 11) is 0. The van der Waals surface area contributed by atoms with Gasteiger partial charge in [-0.15, -0.1) is 0 Å². The van der Waals surface area contributed by atoms with Crippen molar-refractivity contribution in [3.05, 3.63) is 35.4 Å². The molecular weight excluding hydrogens is 218 g/mol. The third kappa shape index (κ3) is 4.24. The Hall–Kier alpha value is -1.88. The molecule has 0 bridgehead atoms. The second-order valence-electron chi connectivity index (χ2n) is 3.54. The highest BCUT2D eigenvalue weighted by atomic mass is 16.2. The Kier molecular flexibility index (Phi) is 5.16. The number of carbonyl (C=O) groups is 2. The van der Waals surface area contributed by atoms with Crippen molar-refractivity contribution in [2.45, 2.75) is 13.5 Å². The molecule has 0 fully saturated rings. The van der Waals surface area contributed by atoms with Crippen LogP contribution >= 0.6 is 0 Å². The lowest BCUT2D eigenvalue weighted by Gasteiger charge is -2.05. The van der Waals surface area contributed by atoms with Crippen molar-refractivity contribution in [3.8, 4) is 0 Å². The molecule has 1 rings (SSSR count). The summed E-state index contributed by atoms with van der Waals surface area (Å²) in [4.78, 5) is 22.8. The summed E-state index contributed by atoms with van der Waals surface area (Å²) in [6.45, 7) is 2.82. The van der Waals surface area contributed by atoms with E-state index in [1.165, 1.54) is 0 Å². The molecule has 0 unspecified atom stereocenters. The second kappa shape index (κ2) is 6.65. The molecular formula is C12H17N3O2. The highest BCUT2D eigenvalue weighted by Gasteiger charge is 2.06. The molecule has 17 heavy (non-hydrogen) atoms. The van der Waals surface area contributed by atoms with E-state index >= 15 is 0 Å². The molecule has 92 valence electrons. The number of nitrogens with one attached hydrogen (secondary N) is 2. The molecule has 2 amide bonds. The van der Waals surface area contributed by atoms with Crippen LogP contribution in [-0.4, -0.2) is 24.9 Å². The minimum absolute atomic E-state index is 0.00862. The van der Waals surface area contributed by atoms with Gasteiger partial charge in [-0.1, -0.05) is 12.1 Å². The fourth-order valence-corrected chi connectivity index (χ4v) is 1.31. The van der Waals surface area contributed by atoms with E-state index in [1.54, 1.807) is 24.3 Å². The molecule has 0 aromatic heterocycles. The van der Waals surface area contributed by atoms with Crippen LogP contribution in [0.3, 0.4) is 0 Å². The third-order valence-electron chi connectivity index (χ3n) is 2.24. The standard InChI is InChI=1S/C12H17N3O2/c1-2-14-11(16)8-15-12(17)10-5-3-9(7-13)4-6-10/h3-6H,2,7-8,13H2,1H3,(H,14,16)(H,15,17).